The van der Waals surface area contributed by atoms with Crippen molar-refractivity contribution in [3.8, 4) is 0 Å². The van der Waals surface area contributed by atoms with Gasteiger partial charge in [0.15, 0.2) is 0 Å². The standard InChI is InChI=1S/C19H26N4O.2ClH/c1-13(17-22-15-8-3-4-9-16(15)23(17)2)21-18(24)19-10-6-5-7-14(19)11-20-12-19;;/h3-4,8-9,13-14,20H,5-7,10-12H2,1-2H3,(H,21,24);2*1H/t13?,14-,19+;;/m0../s1. The van der Waals surface area contributed by atoms with Gasteiger partial charge in [0.1, 0.15) is 5.82 Å². The van der Waals surface area contributed by atoms with Crippen LogP contribution in [0.1, 0.15) is 44.5 Å². The number of benzene rings is 1. The van der Waals surface area contributed by atoms with Crippen LogP contribution in [0.15, 0.2) is 24.3 Å². The van der Waals surface area contributed by atoms with Crippen molar-refractivity contribution in [2.75, 3.05) is 13.1 Å². The van der Waals surface area contributed by atoms with Crippen molar-refractivity contribution >= 4 is 41.8 Å². The molecule has 2 N–H and O–H groups in total. The van der Waals surface area contributed by atoms with Crippen molar-refractivity contribution in [3.05, 3.63) is 30.1 Å². The fourth-order valence-corrected chi connectivity index (χ4v) is 4.65. The number of nitrogens with zero attached hydrogens (tertiary/aromatic N) is 2. The maximum atomic E-state index is 13.1. The third kappa shape index (κ3) is 3.32. The highest BCUT2D eigenvalue weighted by molar-refractivity contribution is 5.86. The van der Waals surface area contributed by atoms with Crippen LogP contribution in [0.4, 0.5) is 0 Å². The number of carbonyl (C=O) groups is 1. The van der Waals surface area contributed by atoms with Crippen LogP contribution in [0.2, 0.25) is 0 Å². The first-order chi connectivity index (χ1) is 11.6. The summed E-state index contributed by atoms with van der Waals surface area (Å²) in [6, 6.07) is 8.01. The minimum atomic E-state index is -0.211. The van der Waals surface area contributed by atoms with Crippen LogP contribution in [0.25, 0.3) is 11.0 Å². The Morgan fingerprint density at radius 2 is 2.12 bits per heavy atom. The van der Waals surface area contributed by atoms with Gasteiger partial charge >= 0.3 is 0 Å². The monoisotopic (exact) mass is 398 g/mol. The molecular formula is C19H28Cl2N4O. The van der Waals surface area contributed by atoms with Gasteiger partial charge in [-0.05, 0) is 44.4 Å². The number of amides is 1. The molecule has 2 aliphatic rings. The average Bonchev–Trinajstić information content (AvgIpc) is 3.17. The van der Waals surface area contributed by atoms with Crippen LogP contribution in [0.5, 0.6) is 0 Å². The largest absolute Gasteiger partial charge is 0.346 e. The van der Waals surface area contributed by atoms with Crippen molar-refractivity contribution < 1.29 is 4.79 Å². The molecule has 1 aliphatic heterocycles. The van der Waals surface area contributed by atoms with Crippen molar-refractivity contribution in [1.29, 1.82) is 0 Å². The number of carbonyl (C=O) groups excluding carboxylic acids is 1. The molecule has 144 valence electrons. The molecule has 1 aliphatic carbocycles. The fraction of sp³-hybridized carbons (Fsp3) is 0.579. The van der Waals surface area contributed by atoms with Gasteiger partial charge in [-0.2, -0.15) is 0 Å². The summed E-state index contributed by atoms with van der Waals surface area (Å²) in [7, 11) is 2.02. The number of aromatic nitrogens is 2. The van der Waals surface area contributed by atoms with E-state index in [2.05, 4.69) is 21.3 Å². The summed E-state index contributed by atoms with van der Waals surface area (Å²) >= 11 is 0. The molecule has 2 aromatic rings. The summed E-state index contributed by atoms with van der Waals surface area (Å²) in [5.41, 5.74) is 1.87. The van der Waals surface area contributed by atoms with Gasteiger partial charge in [-0.25, -0.2) is 4.98 Å². The number of para-hydroxylation sites is 2. The number of hydrogen-bond acceptors (Lipinski definition) is 3. The first-order valence-electron chi connectivity index (χ1n) is 9.05. The molecule has 2 fully saturated rings. The molecule has 3 atom stereocenters. The minimum Gasteiger partial charge on any atom is -0.346 e. The van der Waals surface area contributed by atoms with Gasteiger partial charge in [-0.3, -0.25) is 4.79 Å². The predicted molar refractivity (Wildman–Crippen MR) is 109 cm³/mol. The zero-order chi connectivity index (χ0) is 16.7. The smallest absolute Gasteiger partial charge is 0.228 e. The van der Waals surface area contributed by atoms with Crippen molar-refractivity contribution in [1.82, 2.24) is 20.2 Å². The molecule has 0 radical (unpaired) electrons. The van der Waals surface area contributed by atoms with E-state index in [-0.39, 0.29) is 42.2 Å². The molecule has 1 aromatic heterocycles. The quantitative estimate of drug-likeness (QED) is 0.832. The molecule has 2 heterocycles. The van der Waals surface area contributed by atoms with E-state index in [0.717, 1.165) is 42.8 Å². The number of nitrogens with one attached hydrogen (secondary N) is 2. The summed E-state index contributed by atoms with van der Waals surface area (Å²) in [6.45, 7) is 3.84. The third-order valence-corrected chi connectivity index (χ3v) is 6.05. The summed E-state index contributed by atoms with van der Waals surface area (Å²) in [5.74, 6) is 1.61. The molecule has 4 rings (SSSR count). The number of hydrogen-bond donors (Lipinski definition) is 2. The molecule has 7 heteroatoms. The number of halogens is 2. The van der Waals surface area contributed by atoms with E-state index >= 15 is 0 Å². The number of fused-ring (bicyclic) bond motifs is 2. The topological polar surface area (TPSA) is 59.0 Å². The number of aryl methyl sites for hydroxylation is 1. The number of rotatable bonds is 3. The van der Waals surface area contributed by atoms with Crippen LogP contribution < -0.4 is 10.6 Å². The van der Waals surface area contributed by atoms with Crippen LogP contribution in [0.3, 0.4) is 0 Å². The van der Waals surface area contributed by atoms with Gasteiger partial charge in [-0.15, -0.1) is 24.8 Å². The lowest BCUT2D eigenvalue weighted by Crippen LogP contribution is -2.48. The first kappa shape index (κ1) is 21.0. The molecule has 26 heavy (non-hydrogen) atoms. The Bertz CT molecular complexity index is 778. The van der Waals surface area contributed by atoms with Crippen molar-refractivity contribution in [2.24, 2.45) is 18.4 Å². The highest BCUT2D eigenvalue weighted by Crippen LogP contribution is 2.44. The molecule has 0 spiro atoms. The van der Waals surface area contributed by atoms with Gasteiger partial charge in [0.2, 0.25) is 5.91 Å². The Morgan fingerprint density at radius 1 is 1.35 bits per heavy atom. The fourth-order valence-electron chi connectivity index (χ4n) is 4.65. The Kier molecular flexibility index (Phi) is 6.59. The van der Waals surface area contributed by atoms with E-state index in [1.54, 1.807) is 0 Å². The molecule has 1 aromatic carbocycles. The molecule has 1 unspecified atom stereocenters. The van der Waals surface area contributed by atoms with Gasteiger partial charge in [0.05, 0.1) is 22.5 Å². The second kappa shape index (κ2) is 8.15. The van der Waals surface area contributed by atoms with Crippen molar-refractivity contribution in [3.63, 3.8) is 0 Å². The SMILES string of the molecule is CC(NC(=O)[C@@]12CCCC[C@H]1CNC2)c1nc2ccccc2n1C.Cl.Cl. The van der Waals surface area contributed by atoms with Gasteiger partial charge in [-0.1, -0.05) is 25.0 Å². The zero-order valence-corrected chi connectivity index (χ0v) is 17.0. The maximum absolute atomic E-state index is 13.1. The summed E-state index contributed by atoms with van der Waals surface area (Å²) in [4.78, 5) is 17.8. The predicted octanol–water partition coefficient (Wildman–Crippen LogP) is 3.37. The highest BCUT2D eigenvalue weighted by Gasteiger charge is 2.50. The minimum absolute atomic E-state index is 0. The third-order valence-electron chi connectivity index (χ3n) is 6.05. The Hall–Kier alpha value is -1.30. The Labute approximate surface area is 167 Å². The van der Waals surface area contributed by atoms with Crippen LogP contribution in [-0.2, 0) is 11.8 Å². The average molecular weight is 399 g/mol. The normalized spacial score (nSPS) is 25.7. The lowest BCUT2D eigenvalue weighted by Gasteiger charge is -2.37. The highest BCUT2D eigenvalue weighted by atomic mass is 35.5. The van der Waals surface area contributed by atoms with E-state index in [1.807, 2.05) is 32.2 Å². The zero-order valence-electron chi connectivity index (χ0n) is 15.3. The van der Waals surface area contributed by atoms with E-state index in [4.69, 9.17) is 4.98 Å². The summed E-state index contributed by atoms with van der Waals surface area (Å²) in [6.07, 6.45) is 4.58. The number of imidazole rings is 1. The second-order valence-corrected chi connectivity index (χ2v) is 7.44. The van der Waals surface area contributed by atoms with Gasteiger partial charge in [0.25, 0.3) is 0 Å². The van der Waals surface area contributed by atoms with Crippen LogP contribution in [0, 0.1) is 11.3 Å². The maximum Gasteiger partial charge on any atom is 0.228 e. The van der Waals surface area contributed by atoms with E-state index in [1.165, 1.54) is 12.8 Å². The lowest BCUT2D eigenvalue weighted by molar-refractivity contribution is -0.134. The summed E-state index contributed by atoms with van der Waals surface area (Å²) < 4.78 is 2.09. The first-order valence-corrected chi connectivity index (χ1v) is 9.05. The molecule has 1 amide bonds. The van der Waals surface area contributed by atoms with E-state index in [9.17, 15) is 4.79 Å². The molecule has 5 nitrogen and oxygen atoms in total. The van der Waals surface area contributed by atoms with Gasteiger partial charge in [0, 0.05) is 13.6 Å². The molecule has 1 saturated heterocycles. The van der Waals surface area contributed by atoms with Crippen LogP contribution in [-0.4, -0.2) is 28.5 Å². The Morgan fingerprint density at radius 3 is 2.88 bits per heavy atom. The van der Waals surface area contributed by atoms with Crippen LogP contribution >= 0.6 is 24.8 Å². The summed E-state index contributed by atoms with van der Waals surface area (Å²) in [5, 5.41) is 6.72. The Balaban J connectivity index is 0.00000121. The van der Waals surface area contributed by atoms with E-state index in [0.29, 0.717) is 5.92 Å². The lowest BCUT2D eigenvalue weighted by atomic mass is 9.67. The second-order valence-electron chi connectivity index (χ2n) is 7.44. The molecular weight excluding hydrogens is 371 g/mol. The van der Waals surface area contributed by atoms with Crippen molar-refractivity contribution in [2.45, 2.75) is 38.6 Å². The van der Waals surface area contributed by atoms with Gasteiger partial charge < -0.3 is 15.2 Å². The molecule has 0 bridgehead atoms. The molecule has 1 saturated carbocycles. The van der Waals surface area contributed by atoms with E-state index < -0.39 is 0 Å².